The molecule has 0 aromatic carbocycles. The lowest BCUT2D eigenvalue weighted by atomic mass is 10.3. The number of rotatable bonds is 6. The Morgan fingerprint density at radius 2 is 2.19 bits per heavy atom. The summed E-state index contributed by atoms with van der Waals surface area (Å²) < 4.78 is 5.99. The summed E-state index contributed by atoms with van der Waals surface area (Å²) in [5, 5.41) is 2.67. The monoisotopic (exact) mass is 301 g/mol. The van der Waals surface area contributed by atoms with Crippen molar-refractivity contribution < 1.29 is 9.53 Å². The molecular weight excluding hydrogens is 293 g/mol. The van der Waals surface area contributed by atoms with E-state index in [4.69, 9.17) is 39.5 Å². The number of alkyl halides is 1. The molecule has 7 heteroatoms. The number of ether oxygens (including phenoxy) is 1. The highest BCUT2D eigenvalue weighted by Crippen LogP contribution is 2.30. The predicted octanol–water partition coefficient (Wildman–Crippen LogP) is 3.04. The average Bonchev–Trinajstić information content (AvgIpc) is 2.57. The Hall–Kier alpha value is -0.0000000000000000555. The molecule has 1 N–H and O–H groups in total. The smallest absolute Gasteiger partial charge is 0.253 e. The molecule has 1 aromatic heterocycles. The van der Waals surface area contributed by atoms with Crippen molar-refractivity contribution >= 4 is 52.0 Å². The Morgan fingerprint density at radius 3 is 2.75 bits per heavy atom. The average molecular weight is 303 g/mol. The summed E-state index contributed by atoms with van der Waals surface area (Å²) in [5.74, 6) is 0.197. The van der Waals surface area contributed by atoms with Crippen LogP contribution in [0, 0.1) is 0 Å². The molecule has 0 aliphatic carbocycles. The lowest BCUT2D eigenvalue weighted by molar-refractivity contribution is 0.0924. The van der Waals surface area contributed by atoms with Crippen LogP contribution in [0.25, 0.3) is 0 Å². The summed E-state index contributed by atoms with van der Waals surface area (Å²) in [6.45, 7) is 1.32. The molecule has 90 valence electrons. The van der Waals surface area contributed by atoms with Crippen LogP contribution in [0.1, 0.15) is 10.4 Å². The molecule has 0 saturated carbocycles. The Kier molecular flexibility index (Phi) is 6.46. The zero-order valence-electron chi connectivity index (χ0n) is 8.26. The maximum Gasteiger partial charge on any atom is 0.253 e. The van der Waals surface area contributed by atoms with Crippen LogP contribution in [0.5, 0.6) is 0 Å². The Bertz CT molecular complexity index is 357. The van der Waals surface area contributed by atoms with Crippen LogP contribution < -0.4 is 5.32 Å². The van der Waals surface area contributed by atoms with Crippen LogP contribution >= 0.6 is 46.1 Å². The standard InChI is InChI=1S/C9H10Cl3NO2S/c10-1-3-15-4-2-13-9(14)6-5-7(11)16-8(6)12/h5H,1-4H2,(H,13,14). The van der Waals surface area contributed by atoms with Crippen LogP contribution in [-0.4, -0.2) is 31.5 Å². The lowest BCUT2D eigenvalue weighted by Gasteiger charge is -2.04. The molecule has 0 fully saturated rings. The highest BCUT2D eigenvalue weighted by molar-refractivity contribution is 7.20. The molecule has 1 amide bonds. The minimum atomic E-state index is -0.248. The van der Waals surface area contributed by atoms with Crippen LogP contribution in [0.4, 0.5) is 0 Å². The van der Waals surface area contributed by atoms with Crippen LogP contribution in [-0.2, 0) is 4.74 Å². The molecular formula is C9H10Cl3NO2S. The van der Waals surface area contributed by atoms with E-state index in [9.17, 15) is 4.79 Å². The van der Waals surface area contributed by atoms with E-state index in [0.717, 1.165) is 0 Å². The molecule has 0 radical (unpaired) electrons. The number of halogens is 3. The van der Waals surface area contributed by atoms with Gasteiger partial charge in [0.2, 0.25) is 0 Å². The second-order valence-corrected chi connectivity index (χ2v) is 5.46. The van der Waals surface area contributed by atoms with Crippen molar-refractivity contribution in [2.24, 2.45) is 0 Å². The summed E-state index contributed by atoms with van der Waals surface area (Å²) in [7, 11) is 0. The minimum Gasteiger partial charge on any atom is -0.378 e. The molecule has 1 aromatic rings. The van der Waals surface area contributed by atoms with Gasteiger partial charge in [-0.2, -0.15) is 0 Å². The molecule has 0 atom stereocenters. The van der Waals surface area contributed by atoms with Crippen molar-refractivity contribution in [3.8, 4) is 0 Å². The first-order chi connectivity index (χ1) is 7.65. The zero-order chi connectivity index (χ0) is 12.0. The van der Waals surface area contributed by atoms with E-state index in [2.05, 4.69) is 5.32 Å². The minimum absolute atomic E-state index is 0.248. The molecule has 0 unspecified atom stereocenters. The van der Waals surface area contributed by atoms with Crippen molar-refractivity contribution in [3.05, 3.63) is 20.3 Å². The molecule has 3 nitrogen and oxygen atoms in total. The molecule has 0 bridgehead atoms. The SMILES string of the molecule is O=C(NCCOCCCl)c1cc(Cl)sc1Cl. The Morgan fingerprint density at radius 1 is 1.44 bits per heavy atom. The summed E-state index contributed by atoms with van der Waals surface area (Å²) in [6, 6.07) is 1.55. The fraction of sp³-hybridized carbons (Fsp3) is 0.444. The van der Waals surface area contributed by atoms with E-state index in [1.165, 1.54) is 11.3 Å². The van der Waals surface area contributed by atoms with Gasteiger partial charge < -0.3 is 10.1 Å². The van der Waals surface area contributed by atoms with Crippen LogP contribution in [0.2, 0.25) is 8.67 Å². The van der Waals surface area contributed by atoms with E-state index < -0.39 is 0 Å². The fourth-order valence-corrected chi connectivity index (χ4v) is 2.55. The van der Waals surface area contributed by atoms with E-state index in [1.807, 2.05) is 0 Å². The molecule has 0 aliphatic heterocycles. The van der Waals surface area contributed by atoms with Gasteiger partial charge in [0.05, 0.1) is 23.1 Å². The van der Waals surface area contributed by atoms with E-state index >= 15 is 0 Å². The molecule has 1 rings (SSSR count). The second kappa shape index (κ2) is 7.35. The van der Waals surface area contributed by atoms with Crippen LogP contribution in [0.15, 0.2) is 6.07 Å². The van der Waals surface area contributed by atoms with E-state index in [0.29, 0.717) is 39.9 Å². The molecule has 1 heterocycles. The van der Waals surface area contributed by atoms with Crippen molar-refractivity contribution in [1.82, 2.24) is 5.32 Å². The lowest BCUT2D eigenvalue weighted by Crippen LogP contribution is -2.27. The largest absolute Gasteiger partial charge is 0.378 e. The van der Waals surface area contributed by atoms with Gasteiger partial charge in [0.1, 0.15) is 4.34 Å². The van der Waals surface area contributed by atoms with Gasteiger partial charge in [-0.3, -0.25) is 4.79 Å². The molecule has 16 heavy (non-hydrogen) atoms. The molecule has 0 spiro atoms. The Balaban J connectivity index is 2.33. The highest BCUT2D eigenvalue weighted by Gasteiger charge is 2.13. The van der Waals surface area contributed by atoms with Gasteiger partial charge >= 0.3 is 0 Å². The highest BCUT2D eigenvalue weighted by atomic mass is 35.5. The molecule has 0 aliphatic rings. The van der Waals surface area contributed by atoms with Crippen LogP contribution in [0.3, 0.4) is 0 Å². The van der Waals surface area contributed by atoms with E-state index in [1.54, 1.807) is 6.07 Å². The first-order valence-corrected chi connectivity index (χ1v) is 6.62. The Labute approximate surface area is 113 Å². The number of carbonyl (C=O) groups excluding carboxylic acids is 1. The quantitative estimate of drug-likeness (QED) is 0.648. The number of nitrogens with one attached hydrogen (secondary N) is 1. The maximum atomic E-state index is 11.6. The summed E-state index contributed by atoms with van der Waals surface area (Å²) in [4.78, 5) is 11.6. The van der Waals surface area contributed by atoms with Gasteiger partial charge in [0.25, 0.3) is 5.91 Å². The number of hydrogen-bond acceptors (Lipinski definition) is 3. The summed E-state index contributed by atoms with van der Waals surface area (Å²) in [6.07, 6.45) is 0. The normalized spacial score (nSPS) is 10.4. The number of carbonyl (C=O) groups is 1. The second-order valence-electron chi connectivity index (χ2n) is 2.80. The number of amides is 1. The third-order valence-electron chi connectivity index (χ3n) is 1.65. The van der Waals surface area contributed by atoms with Gasteiger partial charge in [-0.15, -0.1) is 22.9 Å². The summed E-state index contributed by atoms with van der Waals surface area (Å²) >= 11 is 18.1. The van der Waals surface area contributed by atoms with Gasteiger partial charge in [-0.05, 0) is 6.07 Å². The third-order valence-corrected chi connectivity index (χ3v) is 3.30. The van der Waals surface area contributed by atoms with Gasteiger partial charge in [0.15, 0.2) is 0 Å². The van der Waals surface area contributed by atoms with E-state index in [-0.39, 0.29) is 5.91 Å². The maximum absolute atomic E-state index is 11.6. The first kappa shape index (κ1) is 14.1. The van der Waals surface area contributed by atoms with Gasteiger partial charge in [0, 0.05) is 12.4 Å². The summed E-state index contributed by atoms with van der Waals surface area (Å²) in [5.41, 5.74) is 0.397. The van der Waals surface area contributed by atoms with Crippen molar-refractivity contribution in [3.63, 3.8) is 0 Å². The third kappa shape index (κ3) is 4.47. The predicted molar refractivity (Wildman–Crippen MR) is 68.2 cm³/mol. The molecule has 0 saturated heterocycles. The number of hydrogen-bond donors (Lipinski definition) is 1. The van der Waals surface area contributed by atoms with Gasteiger partial charge in [-0.25, -0.2) is 0 Å². The van der Waals surface area contributed by atoms with Crippen molar-refractivity contribution in [2.45, 2.75) is 0 Å². The van der Waals surface area contributed by atoms with Crippen molar-refractivity contribution in [1.29, 1.82) is 0 Å². The zero-order valence-corrected chi connectivity index (χ0v) is 11.3. The first-order valence-electron chi connectivity index (χ1n) is 4.52. The topological polar surface area (TPSA) is 38.3 Å². The van der Waals surface area contributed by atoms with Gasteiger partial charge in [-0.1, -0.05) is 23.2 Å². The fourth-order valence-electron chi connectivity index (χ4n) is 0.984. The number of thiophene rings is 1. The van der Waals surface area contributed by atoms with Crippen molar-refractivity contribution in [2.75, 3.05) is 25.6 Å².